The highest BCUT2D eigenvalue weighted by Crippen LogP contribution is 2.38. The average Bonchev–Trinajstić information content (AvgIpc) is 3.63. The number of rotatable bonds is 8. The minimum absolute atomic E-state index is 0.0685. The van der Waals surface area contributed by atoms with Crippen molar-refractivity contribution in [1.29, 1.82) is 0 Å². The summed E-state index contributed by atoms with van der Waals surface area (Å²) in [6, 6.07) is 24.4. The van der Waals surface area contributed by atoms with Gasteiger partial charge in [0.05, 0.1) is 6.42 Å². The summed E-state index contributed by atoms with van der Waals surface area (Å²) in [5.74, 6) is 1.02. The topological polar surface area (TPSA) is 86.3 Å². The standard InChI is InChI=1S/C31H25FN2O6/c32-23-9-6-21(7-10-23)17-34(29(35)14-20-4-2-1-3-5-20)30(22-8-12-25-27(15-22)39-18-37-25)31(36)33-24-11-13-26-28(16-24)40-19-38-26/h1-13,15-16,30H,14,17-19H2,(H,33,36). The summed E-state index contributed by atoms with van der Waals surface area (Å²) in [5.41, 5.74) is 2.49. The number of anilines is 1. The quantitative estimate of drug-likeness (QED) is 0.329. The lowest BCUT2D eigenvalue weighted by Crippen LogP contribution is -2.41. The molecule has 202 valence electrons. The maximum atomic E-state index is 14.0. The number of hydrogen-bond acceptors (Lipinski definition) is 6. The van der Waals surface area contributed by atoms with Gasteiger partial charge in [-0.25, -0.2) is 4.39 Å². The maximum Gasteiger partial charge on any atom is 0.251 e. The van der Waals surface area contributed by atoms with Crippen molar-refractivity contribution in [2.45, 2.75) is 19.0 Å². The first-order chi connectivity index (χ1) is 19.5. The molecule has 0 saturated heterocycles. The number of fused-ring (bicyclic) bond motifs is 2. The van der Waals surface area contributed by atoms with Crippen LogP contribution in [-0.2, 0) is 22.6 Å². The molecule has 40 heavy (non-hydrogen) atoms. The fraction of sp³-hybridized carbons (Fsp3) is 0.161. The monoisotopic (exact) mass is 540 g/mol. The molecule has 0 aliphatic carbocycles. The van der Waals surface area contributed by atoms with Crippen LogP contribution >= 0.6 is 0 Å². The number of ether oxygens (including phenoxy) is 4. The lowest BCUT2D eigenvalue weighted by molar-refractivity contribution is -0.139. The number of nitrogens with one attached hydrogen (secondary N) is 1. The molecule has 4 aromatic carbocycles. The van der Waals surface area contributed by atoms with Gasteiger partial charge in [0.2, 0.25) is 19.5 Å². The molecule has 1 atom stereocenters. The highest BCUT2D eigenvalue weighted by Gasteiger charge is 2.33. The minimum Gasteiger partial charge on any atom is -0.454 e. The first kappa shape index (κ1) is 25.2. The normalized spacial score (nSPS) is 13.5. The van der Waals surface area contributed by atoms with Crippen molar-refractivity contribution in [3.63, 3.8) is 0 Å². The second kappa shape index (κ2) is 11.0. The van der Waals surface area contributed by atoms with Crippen LogP contribution in [0, 0.1) is 5.82 Å². The third-order valence-corrected chi connectivity index (χ3v) is 6.70. The van der Waals surface area contributed by atoms with Gasteiger partial charge in [-0.2, -0.15) is 0 Å². The molecule has 0 spiro atoms. The van der Waals surface area contributed by atoms with Crippen molar-refractivity contribution in [1.82, 2.24) is 4.90 Å². The van der Waals surface area contributed by atoms with Crippen LogP contribution in [0.5, 0.6) is 23.0 Å². The second-order valence-electron chi connectivity index (χ2n) is 9.38. The van der Waals surface area contributed by atoms with Gasteiger partial charge in [-0.15, -0.1) is 0 Å². The van der Waals surface area contributed by atoms with E-state index in [1.54, 1.807) is 48.5 Å². The van der Waals surface area contributed by atoms with Crippen molar-refractivity contribution in [2.75, 3.05) is 18.9 Å². The van der Waals surface area contributed by atoms with Crippen LogP contribution < -0.4 is 24.3 Å². The van der Waals surface area contributed by atoms with Crippen LogP contribution in [0.2, 0.25) is 0 Å². The molecule has 0 radical (unpaired) electrons. The van der Waals surface area contributed by atoms with Gasteiger partial charge in [0.25, 0.3) is 5.91 Å². The van der Waals surface area contributed by atoms with E-state index in [9.17, 15) is 14.0 Å². The molecule has 9 heteroatoms. The van der Waals surface area contributed by atoms with Crippen LogP contribution in [0.25, 0.3) is 0 Å². The number of benzene rings is 4. The van der Waals surface area contributed by atoms with E-state index in [2.05, 4.69) is 5.32 Å². The van der Waals surface area contributed by atoms with Gasteiger partial charge in [0.15, 0.2) is 23.0 Å². The van der Waals surface area contributed by atoms with Crippen molar-refractivity contribution < 1.29 is 32.9 Å². The van der Waals surface area contributed by atoms with E-state index < -0.39 is 17.8 Å². The number of hydrogen-bond donors (Lipinski definition) is 1. The Kier molecular flexibility index (Phi) is 6.93. The van der Waals surface area contributed by atoms with Gasteiger partial charge in [-0.3, -0.25) is 9.59 Å². The summed E-state index contributed by atoms with van der Waals surface area (Å²) >= 11 is 0. The number of carbonyl (C=O) groups is 2. The zero-order valence-electron chi connectivity index (χ0n) is 21.3. The predicted molar refractivity (Wildman–Crippen MR) is 144 cm³/mol. The first-order valence-electron chi connectivity index (χ1n) is 12.7. The van der Waals surface area contributed by atoms with Gasteiger partial charge in [-0.05, 0) is 53.1 Å². The van der Waals surface area contributed by atoms with Gasteiger partial charge in [0.1, 0.15) is 11.9 Å². The van der Waals surface area contributed by atoms with Gasteiger partial charge in [-0.1, -0.05) is 48.5 Å². The highest BCUT2D eigenvalue weighted by atomic mass is 19.1. The van der Waals surface area contributed by atoms with Gasteiger partial charge in [0, 0.05) is 18.3 Å². The fourth-order valence-electron chi connectivity index (χ4n) is 4.72. The van der Waals surface area contributed by atoms with Crippen molar-refractivity contribution in [3.05, 3.63) is 114 Å². The van der Waals surface area contributed by atoms with Crippen LogP contribution in [0.1, 0.15) is 22.7 Å². The van der Waals surface area contributed by atoms with Gasteiger partial charge < -0.3 is 29.2 Å². The zero-order valence-corrected chi connectivity index (χ0v) is 21.3. The van der Waals surface area contributed by atoms with E-state index in [0.29, 0.717) is 39.8 Å². The molecule has 8 nitrogen and oxygen atoms in total. The summed E-state index contributed by atoms with van der Waals surface area (Å²) < 4.78 is 35.6. The van der Waals surface area contributed by atoms with Crippen LogP contribution in [0.4, 0.5) is 10.1 Å². The molecular formula is C31H25FN2O6. The van der Waals surface area contributed by atoms with Crippen LogP contribution in [0.3, 0.4) is 0 Å². The number of carbonyl (C=O) groups excluding carboxylic acids is 2. The predicted octanol–water partition coefficient (Wildman–Crippen LogP) is 5.23. The van der Waals surface area contributed by atoms with E-state index >= 15 is 0 Å². The van der Waals surface area contributed by atoms with E-state index in [0.717, 1.165) is 5.56 Å². The Bertz CT molecular complexity index is 1540. The van der Waals surface area contributed by atoms with Crippen molar-refractivity contribution >= 4 is 17.5 Å². The van der Waals surface area contributed by atoms with Crippen molar-refractivity contribution in [2.24, 2.45) is 0 Å². The Labute approximate surface area is 229 Å². The number of halogens is 1. The third kappa shape index (κ3) is 5.40. The smallest absolute Gasteiger partial charge is 0.251 e. The van der Waals surface area contributed by atoms with Gasteiger partial charge >= 0.3 is 0 Å². The van der Waals surface area contributed by atoms with E-state index in [1.165, 1.54) is 17.0 Å². The molecule has 0 fully saturated rings. The first-order valence-corrected chi connectivity index (χ1v) is 12.7. The molecule has 0 bridgehead atoms. The molecule has 4 aromatic rings. The lowest BCUT2D eigenvalue weighted by Gasteiger charge is -2.32. The largest absolute Gasteiger partial charge is 0.454 e. The van der Waals surface area contributed by atoms with Crippen LogP contribution in [0.15, 0.2) is 91.0 Å². The Morgan fingerprint density at radius 2 is 1.40 bits per heavy atom. The maximum absolute atomic E-state index is 14.0. The minimum atomic E-state index is -1.05. The molecular weight excluding hydrogens is 515 g/mol. The van der Waals surface area contributed by atoms with E-state index in [-0.39, 0.29) is 32.5 Å². The number of amides is 2. The molecule has 2 aliphatic heterocycles. The summed E-state index contributed by atoms with van der Waals surface area (Å²) in [4.78, 5) is 29.5. The molecule has 1 N–H and O–H groups in total. The van der Waals surface area contributed by atoms with E-state index in [1.807, 2.05) is 30.3 Å². The Hall–Kier alpha value is -5.05. The van der Waals surface area contributed by atoms with Crippen LogP contribution in [-0.4, -0.2) is 30.3 Å². The Balaban J connectivity index is 1.39. The summed E-state index contributed by atoms with van der Waals surface area (Å²) in [7, 11) is 0. The van der Waals surface area contributed by atoms with E-state index in [4.69, 9.17) is 18.9 Å². The van der Waals surface area contributed by atoms with Crippen molar-refractivity contribution in [3.8, 4) is 23.0 Å². The molecule has 2 aliphatic rings. The SMILES string of the molecule is O=C(Nc1ccc2c(c1)OCO2)C(c1ccc2c(c1)OCO2)N(Cc1ccc(F)cc1)C(=O)Cc1ccccc1. The summed E-state index contributed by atoms with van der Waals surface area (Å²) in [6.45, 7) is 0.241. The Morgan fingerprint density at radius 1 is 0.750 bits per heavy atom. The summed E-state index contributed by atoms with van der Waals surface area (Å²) in [5, 5.41) is 2.93. The molecule has 0 aromatic heterocycles. The zero-order chi connectivity index (χ0) is 27.5. The molecule has 2 amide bonds. The highest BCUT2D eigenvalue weighted by molar-refractivity contribution is 5.98. The molecule has 0 saturated carbocycles. The second-order valence-corrected chi connectivity index (χ2v) is 9.38. The third-order valence-electron chi connectivity index (χ3n) is 6.70. The molecule has 6 rings (SSSR count). The molecule has 1 unspecified atom stereocenters. The Morgan fingerprint density at radius 3 is 2.12 bits per heavy atom. The molecule has 2 heterocycles. The lowest BCUT2D eigenvalue weighted by atomic mass is 10.0. The fourth-order valence-corrected chi connectivity index (χ4v) is 4.72. The summed E-state index contributed by atoms with van der Waals surface area (Å²) in [6.07, 6.45) is 0.0698. The average molecular weight is 541 g/mol. The number of nitrogens with zero attached hydrogens (tertiary/aromatic N) is 1.